The van der Waals surface area contributed by atoms with E-state index in [1.165, 1.54) is 5.57 Å². The predicted octanol–water partition coefficient (Wildman–Crippen LogP) is 3.55. The first-order valence-electron chi connectivity index (χ1n) is 17.7. The lowest BCUT2D eigenvalue weighted by Gasteiger charge is -2.58. The molecule has 50 heavy (non-hydrogen) atoms. The summed E-state index contributed by atoms with van der Waals surface area (Å²) >= 11 is 0. The Balaban J connectivity index is 0.945. The third kappa shape index (κ3) is 6.50. The molecule has 4 aliphatic rings. The highest BCUT2D eigenvalue weighted by Crippen LogP contribution is 2.67. The number of carbonyl (C=O) groups is 6. The van der Waals surface area contributed by atoms with E-state index < -0.39 is 59.7 Å². The number of nitrogens with one attached hydrogen (secondary N) is 3. The number of benzene rings is 1. The normalized spacial score (nSPS) is 30.7. The van der Waals surface area contributed by atoms with Crippen molar-refractivity contribution in [3.63, 3.8) is 0 Å². The molecule has 0 aliphatic heterocycles. The summed E-state index contributed by atoms with van der Waals surface area (Å²) in [7, 11) is 0. The lowest BCUT2D eigenvalue weighted by molar-refractivity contribution is -0.170. The number of aliphatic hydroxyl groups is 1. The topological polar surface area (TPSA) is 192 Å². The van der Waals surface area contributed by atoms with E-state index in [2.05, 4.69) is 22.5 Å². The van der Waals surface area contributed by atoms with Crippen LogP contribution in [0.15, 0.2) is 42.1 Å². The Labute approximate surface area is 290 Å². The van der Waals surface area contributed by atoms with Crippen LogP contribution in [-0.2, 0) is 39.9 Å². The third-order valence-electron chi connectivity index (χ3n) is 12.7. The number of fused-ring (bicyclic) bond motifs is 6. The number of carbonyl (C=O) groups excluding carboxylic acids is 5. The Morgan fingerprint density at radius 1 is 0.980 bits per heavy atom. The van der Waals surface area contributed by atoms with E-state index >= 15 is 0 Å². The molecule has 3 fully saturated rings. The first kappa shape index (κ1) is 35.5. The molecule has 6 rings (SSSR count). The second-order valence-electron chi connectivity index (χ2n) is 15.2. The molecule has 12 heteroatoms. The quantitative estimate of drug-likeness (QED) is 0.207. The summed E-state index contributed by atoms with van der Waals surface area (Å²) < 4.78 is 5.23. The number of carboxylic acid groups (broad SMARTS) is 1. The van der Waals surface area contributed by atoms with Crippen molar-refractivity contribution >= 4 is 46.2 Å². The number of ether oxygens (including phenoxy) is 1. The molecule has 3 saturated carbocycles. The first-order valence-corrected chi connectivity index (χ1v) is 17.7. The van der Waals surface area contributed by atoms with Gasteiger partial charge in [0.2, 0.25) is 17.6 Å². The number of Topliss-reactive ketones (excluding diaryl/α,β-unsaturated/α-hetero) is 1. The maximum Gasteiger partial charge on any atom is 0.326 e. The smallest absolute Gasteiger partial charge is 0.326 e. The Hall–Kier alpha value is -4.32. The molecule has 2 amide bonds. The van der Waals surface area contributed by atoms with Gasteiger partial charge in [-0.15, -0.1) is 0 Å². The number of para-hydroxylation sites is 1. The molecule has 2 aromatic rings. The SMILES string of the molecule is C[C@]12CCC(=O)C=C1CC[C@@H]1[C@@H]2CC[C@@]2(C)[C@H]1CC[C@]2(O)C(=O)COC(=O)CCC(=O)NCC(=O)N[C@@H](Cc1c[nH]c2ccccc12)C(=O)O. The molecule has 7 atom stereocenters. The molecule has 1 aromatic carbocycles. The van der Waals surface area contributed by atoms with Gasteiger partial charge in [-0.1, -0.05) is 37.6 Å². The van der Waals surface area contributed by atoms with E-state index in [1.54, 1.807) is 6.20 Å². The molecule has 1 heterocycles. The Kier molecular flexibility index (Phi) is 9.78. The van der Waals surface area contributed by atoms with Gasteiger partial charge in [-0.05, 0) is 85.8 Å². The number of ketones is 2. The highest BCUT2D eigenvalue weighted by Gasteiger charge is 2.66. The van der Waals surface area contributed by atoms with Crippen LogP contribution in [0.4, 0.5) is 0 Å². The van der Waals surface area contributed by atoms with Crippen LogP contribution in [0, 0.1) is 28.6 Å². The van der Waals surface area contributed by atoms with Gasteiger partial charge in [0.05, 0.1) is 13.0 Å². The maximum atomic E-state index is 13.5. The van der Waals surface area contributed by atoms with E-state index in [-0.39, 0.29) is 36.4 Å². The van der Waals surface area contributed by atoms with E-state index in [0.29, 0.717) is 37.5 Å². The molecule has 0 saturated heterocycles. The number of carboxylic acids is 1. The van der Waals surface area contributed by atoms with Crippen molar-refractivity contribution in [2.45, 2.75) is 96.1 Å². The summed E-state index contributed by atoms with van der Waals surface area (Å²) in [4.78, 5) is 77.9. The molecule has 0 spiro atoms. The van der Waals surface area contributed by atoms with Crippen LogP contribution in [0.2, 0.25) is 0 Å². The van der Waals surface area contributed by atoms with Gasteiger partial charge in [-0.25, -0.2) is 4.79 Å². The monoisotopic (exact) mass is 689 g/mol. The number of H-pyrrole nitrogens is 1. The summed E-state index contributed by atoms with van der Waals surface area (Å²) in [5, 5.41) is 27.2. The largest absolute Gasteiger partial charge is 0.480 e. The van der Waals surface area contributed by atoms with Crippen LogP contribution in [0.5, 0.6) is 0 Å². The summed E-state index contributed by atoms with van der Waals surface area (Å²) in [5.41, 5.74) is 0.552. The van der Waals surface area contributed by atoms with Crippen LogP contribution < -0.4 is 10.6 Å². The molecular formula is C38H47N3O9. The zero-order valence-corrected chi connectivity index (χ0v) is 28.7. The number of allylic oxidation sites excluding steroid dienone is 1. The van der Waals surface area contributed by atoms with Gasteiger partial charge in [-0.3, -0.25) is 24.0 Å². The second-order valence-corrected chi connectivity index (χ2v) is 15.2. The maximum absolute atomic E-state index is 13.5. The van der Waals surface area contributed by atoms with Gasteiger partial charge in [-0.2, -0.15) is 0 Å². The van der Waals surface area contributed by atoms with Crippen LogP contribution in [-0.4, -0.2) is 75.3 Å². The van der Waals surface area contributed by atoms with E-state index in [0.717, 1.165) is 42.1 Å². The molecule has 1 aromatic heterocycles. The average molecular weight is 690 g/mol. The van der Waals surface area contributed by atoms with Gasteiger partial charge in [0.25, 0.3) is 0 Å². The summed E-state index contributed by atoms with van der Waals surface area (Å²) in [6.45, 7) is 3.22. The molecular weight excluding hydrogens is 642 g/mol. The Bertz CT molecular complexity index is 1750. The molecule has 4 aliphatic carbocycles. The molecule has 0 bridgehead atoms. The zero-order chi connectivity index (χ0) is 35.8. The Morgan fingerprint density at radius 3 is 2.52 bits per heavy atom. The van der Waals surface area contributed by atoms with Crippen LogP contribution in [0.1, 0.15) is 83.6 Å². The molecule has 0 unspecified atom stereocenters. The number of hydrogen-bond donors (Lipinski definition) is 5. The number of aromatic nitrogens is 1. The van der Waals surface area contributed by atoms with Gasteiger partial charge in [0.1, 0.15) is 11.6 Å². The first-order chi connectivity index (χ1) is 23.7. The van der Waals surface area contributed by atoms with Crippen LogP contribution in [0.25, 0.3) is 10.9 Å². The predicted molar refractivity (Wildman–Crippen MR) is 181 cm³/mol. The highest BCUT2D eigenvalue weighted by atomic mass is 16.5. The van der Waals surface area contributed by atoms with Crippen molar-refractivity contribution in [3.8, 4) is 0 Å². The third-order valence-corrected chi connectivity index (χ3v) is 12.7. The molecule has 12 nitrogen and oxygen atoms in total. The fraction of sp³-hybridized carbons (Fsp3) is 0.579. The van der Waals surface area contributed by atoms with Gasteiger partial charge < -0.3 is 30.6 Å². The number of hydrogen-bond acceptors (Lipinski definition) is 8. The van der Waals surface area contributed by atoms with Crippen molar-refractivity contribution in [1.29, 1.82) is 0 Å². The minimum absolute atomic E-state index is 0.0200. The Morgan fingerprint density at radius 2 is 1.74 bits per heavy atom. The van der Waals surface area contributed by atoms with Gasteiger partial charge in [0, 0.05) is 41.8 Å². The fourth-order valence-electron chi connectivity index (χ4n) is 9.82. The van der Waals surface area contributed by atoms with Crippen LogP contribution in [0.3, 0.4) is 0 Å². The van der Waals surface area contributed by atoms with Crippen molar-refractivity contribution in [2.24, 2.45) is 28.6 Å². The minimum atomic E-state index is -1.62. The number of amides is 2. The van der Waals surface area contributed by atoms with Gasteiger partial charge in [0.15, 0.2) is 12.4 Å². The molecule has 268 valence electrons. The number of esters is 1. The minimum Gasteiger partial charge on any atom is -0.480 e. The van der Waals surface area contributed by atoms with Gasteiger partial charge >= 0.3 is 11.9 Å². The molecule has 0 radical (unpaired) electrons. The lowest BCUT2D eigenvalue weighted by Crippen LogP contribution is -2.58. The van der Waals surface area contributed by atoms with E-state index in [1.807, 2.05) is 37.3 Å². The van der Waals surface area contributed by atoms with Crippen molar-refractivity contribution in [1.82, 2.24) is 15.6 Å². The van der Waals surface area contributed by atoms with Crippen molar-refractivity contribution in [2.75, 3.05) is 13.2 Å². The summed E-state index contributed by atoms with van der Waals surface area (Å²) in [6.07, 6.45) is 8.75. The van der Waals surface area contributed by atoms with E-state index in [9.17, 15) is 39.0 Å². The fourth-order valence-corrected chi connectivity index (χ4v) is 9.82. The van der Waals surface area contributed by atoms with E-state index in [4.69, 9.17) is 4.74 Å². The number of aliphatic carboxylic acids is 1. The second kappa shape index (κ2) is 13.8. The lowest BCUT2D eigenvalue weighted by atomic mass is 9.46. The zero-order valence-electron chi connectivity index (χ0n) is 28.7. The molecule has 5 N–H and O–H groups in total. The number of aromatic amines is 1. The number of rotatable bonds is 12. The van der Waals surface area contributed by atoms with Crippen molar-refractivity contribution < 1.29 is 43.7 Å². The summed E-state index contributed by atoms with van der Waals surface area (Å²) in [5.74, 6) is -2.71. The average Bonchev–Trinajstić information content (AvgIpc) is 3.63. The standard InChI is InChI=1S/C38H47N3O9/c1-36-14-11-24(42)18-23(36)7-8-26-27(36)12-15-37(2)28(26)13-16-38(37,49)31(43)21-50-34(46)10-9-32(44)40-20-33(45)41-30(35(47)48)17-22-19-39-29-6-4-3-5-25(22)29/h3-6,18-19,26-28,30,39,49H,7-17,20-21H2,1-2H3,(H,40,44)(H,41,45)(H,47,48)/t26-,27+,28+,30+,36+,37+,38+/m1/s1. The summed E-state index contributed by atoms with van der Waals surface area (Å²) in [6, 6.07) is 6.19. The van der Waals surface area contributed by atoms with Crippen molar-refractivity contribution in [3.05, 3.63) is 47.7 Å². The van der Waals surface area contributed by atoms with Crippen LogP contribution >= 0.6 is 0 Å². The highest BCUT2D eigenvalue weighted by molar-refractivity contribution is 5.93.